The Balaban J connectivity index is 2.90. The van der Waals surface area contributed by atoms with Gasteiger partial charge in [-0.05, 0) is 19.1 Å². The van der Waals surface area contributed by atoms with Gasteiger partial charge in [-0.25, -0.2) is 4.79 Å². The summed E-state index contributed by atoms with van der Waals surface area (Å²) < 4.78 is 10.4. The number of aromatic carboxylic acids is 1. The fourth-order valence-electron chi connectivity index (χ4n) is 2.00. The third-order valence-electron chi connectivity index (χ3n) is 2.71. The van der Waals surface area contributed by atoms with Gasteiger partial charge in [0.25, 0.3) is 0 Å². The number of nitrogens with one attached hydrogen (secondary N) is 1. The molecule has 2 N–H and O–H groups in total. The Labute approximate surface area is 98.0 Å². The van der Waals surface area contributed by atoms with Gasteiger partial charge in [0.05, 0.1) is 30.7 Å². The number of carboxylic acids is 1. The van der Waals surface area contributed by atoms with Crippen LogP contribution in [0.3, 0.4) is 0 Å². The number of aromatic nitrogens is 1. The van der Waals surface area contributed by atoms with Crippen molar-refractivity contribution in [3.05, 3.63) is 23.4 Å². The van der Waals surface area contributed by atoms with Crippen molar-refractivity contribution in [2.45, 2.75) is 6.92 Å². The third kappa shape index (κ3) is 1.60. The van der Waals surface area contributed by atoms with E-state index in [9.17, 15) is 9.90 Å². The second-order valence-electron chi connectivity index (χ2n) is 3.65. The molecule has 0 unspecified atom stereocenters. The highest BCUT2D eigenvalue weighted by atomic mass is 16.5. The second kappa shape index (κ2) is 4.01. The summed E-state index contributed by atoms with van der Waals surface area (Å²) in [5.41, 5.74) is 1.53. The van der Waals surface area contributed by atoms with Gasteiger partial charge in [-0.1, -0.05) is 0 Å². The lowest BCUT2D eigenvalue weighted by Gasteiger charge is -2.08. The number of carbonyl (C=O) groups is 1. The zero-order valence-electron chi connectivity index (χ0n) is 9.83. The van der Waals surface area contributed by atoms with E-state index in [-0.39, 0.29) is 5.56 Å². The molecule has 1 heterocycles. The van der Waals surface area contributed by atoms with Crippen LogP contribution in [0.4, 0.5) is 0 Å². The van der Waals surface area contributed by atoms with Crippen LogP contribution in [-0.4, -0.2) is 30.3 Å². The molecule has 0 aliphatic rings. The quantitative estimate of drug-likeness (QED) is 0.855. The Hall–Kier alpha value is -2.17. The zero-order chi connectivity index (χ0) is 12.6. The van der Waals surface area contributed by atoms with Crippen molar-refractivity contribution >= 4 is 16.9 Å². The normalized spacial score (nSPS) is 10.5. The molecule has 0 fully saturated rings. The van der Waals surface area contributed by atoms with E-state index < -0.39 is 5.97 Å². The molecule has 5 heteroatoms. The predicted octanol–water partition coefficient (Wildman–Crippen LogP) is 2.19. The minimum absolute atomic E-state index is 0.218. The lowest BCUT2D eigenvalue weighted by Crippen LogP contribution is -1.99. The van der Waals surface area contributed by atoms with Crippen LogP contribution < -0.4 is 9.47 Å². The highest BCUT2D eigenvalue weighted by Gasteiger charge is 2.21. The topological polar surface area (TPSA) is 71.6 Å². The van der Waals surface area contributed by atoms with Crippen molar-refractivity contribution < 1.29 is 19.4 Å². The number of aromatic amines is 1. The molecule has 0 saturated carbocycles. The Morgan fingerprint density at radius 3 is 2.53 bits per heavy atom. The van der Waals surface area contributed by atoms with Crippen LogP contribution >= 0.6 is 0 Å². The van der Waals surface area contributed by atoms with E-state index in [0.717, 1.165) is 5.52 Å². The maximum atomic E-state index is 11.2. The standard InChI is InChI=1S/C12H13NO4/c1-6-9(12(14)15)10-7(13-6)4-5-8(16-2)11(10)17-3/h4-5,13H,1-3H3,(H,14,15). The fraction of sp³-hybridized carbons (Fsp3) is 0.250. The summed E-state index contributed by atoms with van der Waals surface area (Å²) in [6, 6.07) is 3.51. The lowest BCUT2D eigenvalue weighted by molar-refractivity contribution is 0.0698. The second-order valence-corrected chi connectivity index (χ2v) is 3.65. The molecule has 5 nitrogen and oxygen atoms in total. The third-order valence-corrected chi connectivity index (χ3v) is 2.71. The van der Waals surface area contributed by atoms with Crippen molar-refractivity contribution in [3.63, 3.8) is 0 Å². The molecule has 1 aromatic carbocycles. The van der Waals surface area contributed by atoms with Gasteiger partial charge in [-0.2, -0.15) is 0 Å². The van der Waals surface area contributed by atoms with Crippen LogP contribution in [0.15, 0.2) is 12.1 Å². The van der Waals surface area contributed by atoms with Crippen molar-refractivity contribution in [2.75, 3.05) is 14.2 Å². The zero-order valence-corrected chi connectivity index (χ0v) is 9.83. The number of ether oxygens (including phenoxy) is 2. The number of H-pyrrole nitrogens is 1. The molecular weight excluding hydrogens is 222 g/mol. The summed E-state index contributed by atoms with van der Waals surface area (Å²) in [5.74, 6) is -0.0337. The van der Waals surface area contributed by atoms with Gasteiger partial charge in [0.2, 0.25) is 0 Å². The summed E-state index contributed by atoms with van der Waals surface area (Å²) in [6.45, 7) is 1.72. The molecule has 0 bridgehead atoms. The molecule has 1 aromatic heterocycles. The first-order valence-corrected chi connectivity index (χ1v) is 5.06. The molecule has 0 saturated heterocycles. The Morgan fingerprint density at radius 2 is 2.00 bits per heavy atom. The van der Waals surface area contributed by atoms with Gasteiger partial charge >= 0.3 is 5.97 Å². The number of benzene rings is 1. The lowest BCUT2D eigenvalue weighted by atomic mass is 10.1. The molecule has 17 heavy (non-hydrogen) atoms. The van der Waals surface area contributed by atoms with E-state index in [2.05, 4.69) is 4.98 Å². The fourth-order valence-corrected chi connectivity index (χ4v) is 2.00. The van der Waals surface area contributed by atoms with Crippen LogP contribution in [0.5, 0.6) is 11.5 Å². The Morgan fingerprint density at radius 1 is 1.29 bits per heavy atom. The van der Waals surface area contributed by atoms with Crippen LogP contribution in [0, 0.1) is 6.92 Å². The molecule has 0 aliphatic carbocycles. The van der Waals surface area contributed by atoms with Crippen molar-refractivity contribution in [1.29, 1.82) is 0 Å². The maximum Gasteiger partial charge on any atom is 0.338 e. The number of methoxy groups -OCH3 is 2. The van der Waals surface area contributed by atoms with E-state index in [1.165, 1.54) is 14.2 Å². The number of aryl methyl sites for hydroxylation is 1. The first kappa shape index (κ1) is 11.3. The van der Waals surface area contributed by atoms with E-state index >= 15 is 0 Å². The van der Waals surface area contributed by atoms with Crippen molar-refractivity contribution in [2.24, 2.45) is 0 Å². The van der Waals surface area contributed by atoms with E-state index in [0.29, 0.717) is 22.6 Å². The summed E-state index contributed by atoms with van der Waals surface area (Å²) in [5, 5.41) is 9.76. The molecule has 90 valence electrons. The average molecular weight is 235 g/mol. The number of rotatable bonds is 3. The smallest absolute Gasteiger partial charge is 0.338 e. The largest absolute Gasteiger partial charge is 0.493 e. The molecule has 0 amide bonds. The monoisotopic (exact) mass is 235 g/mol. The number of hydrogen-bond donors (Lipinski definition) is 2. The molecule has 0 aliphatic heterocycles. The minimum atomic E-state index is -0.986. The highest BCUT2D eigenvalue weighted by Crippen LogP contribution is 2.38. The first-order valence-electron chi connectivity index (χ1n) is 5.06. The van der Waals surface area contributed by atoms with Gasteiger partial charge in [-0.15, -0.1) is 0 Å². The van der Waals surface area contributed by atoms with Gasteiger partial charge in [0.15, 0.2) is 11.5 Å². The van der Waals surface area contributed by atoms with E-state index in [1.807, 2.05) is 0 Å². The van der Waals surface area contributed by atoms with Crippen molar-refractivity contribution in [3.8, 4) is 11.5 Å². The van der Waals surface area contributed by atoms with Gasteiger partial charge in [0.1, 0.15) is 0 Å². The molecular formula is C12H13NO4. The molecule has 2 aromatic rings. The maximum absolute atomic E-state index is 11.2. The summed E-state index contributed by atoms with van der Waals surface area (Å²) >= 11 is 0. The SMILES string of the molecule is COc1ccc2[nH]c(C)c(C(=O)O)c2c1OC. The number of hydrogen-bond acceptors (Lipinski definition) is 3. The predicted molar refractivity (Wildman–Crippen MR) is 63.1 cm³/mol. The molecule has 2 rings (SSSR count). The average Bonchev–Trinajstić information content (AvgIpc) is 2.63. The van der Waals surface area contributed by atoms with Crippen LogP contribution in [-0.2, 0) is 0 Å². The Bertz CT molecular complexity index is 586. The molecule has 0 radical (unpaired) electrons. The van der Waals surface area contributed by atoms with Crippen LogP contribution in [0.1, 0.15) is 16.1 Å². The van der Waals surface area contributed by atoms with Crippen LogP contribution in [0.2, 0.25) is 0 Å². The van der Waals surface area contributed by atoms with E-state index in [4.69, 9.17) is 9.47 Å². The number of carboxylic acid groups (broad SMARTS) is 1. The summed E-state index contributed by atoms with van der Waals surface area (Å²) in [7, 11) is 3.01. The first-order chi connectivity index (χ1) is 8.10. The minimum Gasteiger partial charge on any atom is -0.493 e. The van der Waals surface area contributed by atoms with Gasteiger partial charge in [0, 0.05) is 5.69 Å². The molecule has 0 atom stereocenters. The molecule has 0 spiro atoms. The van der Waals surface area contributed by atoms with Crippen LogP contribution in [0.25, 0.3) is 10.9 Å². The summed E-state index contributed by atoms with van der Waals surface area (Å²) in [4.78, 5) is 14.3. The van der Waals surface area contributed by atoms with E-state index in [1.54, 1.807) is 19.1 Å². The Kier molecular flexibility index (Phi) is 2.67. The van der Waals surface area contributed by atoms with Gasteiger partial charge in [-0.3, -0.25) is 0 Å². The number of fused-ring (bicyclic) bond motifs is 1. The highest BCUT2D eigenvalue weighted by molar-refractivity contribution is 6.08. The summed E-state index contributed by atoms with van der Waals surface area (Å²) in [6.07, 6.45) is 0. The van der Waals surface area contributed by atoms with Gasteiger partial charge < -0.3 is 19.6 Å². The van der Waals surface area contributed by atoms with Crippen molar-refractivity contribution in [1.82, 2.24) is 4.98 Å².